The molecule has 2 N–H and O–H groups in total. The standard InChI is InChI=1S/C18H34O5P2/c1-16(2)9-6-10-17(3)11-7-12-18(4)13-8-14-24(19,20)15-25(21,22)23-5/h9,11,13H,6-8,10,12,14-15H2,1-5H3,(H,19,20)(H,21,22)/b17-11+,18-13+. The third-order valence-electron chi connectivity index (χ3n) is 3.78. The largest absolute Gasteiger partial charge is 0.344 e. The van der Waals surface area contributed by atoms with Crippen molar-refractivity contribution in [2.24, 2.45) is 0 Å². The molecule has 146 valence electrons. The Morgan fingerprint density at radius 3 is 1.84 bits per heavy atom. The minimum Gasteiger partial charge on any atom is -0.344 e. The summed E-state index contributed by atoms with van der Waals surface area (Å²) in [6, 6.07) is 0. The van der Waals surface area contributed by atoms with Crippen molar-refractivity contribution in [1.82, 2.24) is 0 Å². The van der Waals surface area contributed by atoms with E-state index in [1.807, 2.05) is 13.0 Å². The van der Waals surface area contributed by atoms with Gasteiger partial charge in [0.15, 0.2) is 0 Å². The number of hydrogen-bond acceptors (Lipinski definition) is 3. The first kappa shape index (κ1) is 24.6. The quantitative estimate of drug-likeness (QED) is 0.321. The average molecular weight is 392 g/mol. The lowest BCUT2D eigenvalue weighted by molar-refractivity contribution is 0.319. The molecule has 0 rings (SSSR count). The third-order valence-corrected chi connectivity index (χ3v) is 8.50. The van der Waals surface area contributed by atoms with Gasteiger partial charge in [0.1, 0.15) is 5.90 Å². The van der Waals surface area contributed by atoms with Gasteiger partial charge in [-0.2, -0.15) is 0 Å². The lowest BCUT2D eigenvalue weighted by atomic mass is 10.1. The van der Waals surface area contributed by atoms with Gasteiger partial charge in [-0.05, 0) is 59.8 Å². The predicted octanol–water partition coefficient (Wildman–Crippen LogP) is 5.86. The van der Waals surface area contributed by atoms with Crippen molar-refractivity contribution in [2.45, 2.75) is 59.8 Å². The fourth-order valence-electron chi connectivity index (χ4n) is 2.26. The molecular formula is C18H34O5P2. The first-order valence-electron chi connectivity index (χ1n) is 8.60. The van der Waals surface area contributed by atoms with Gasteiger partial charge in [-0.3, -0.25) is 9.13 Å². The minimum atomic E-state index is -3.95. The summed E-state index contributed by atoms with van der Waals surface area (Å²) in [5, 5.41) is 0. The van der Waals surface area contributed by atoms with Crippen LogP contribution in [0.1, 0.15) is 59.8 Å². The van der Waals surface area contributed by atoms with Gasteiger partial charge in [-0.1, -0.05) is 34.9 Å². The summed E-state index contributed by atoms with van der Waals surface area (Å²) in [5.41, 5.74) is 3.88. The predicted molar refractivity (Wildman–Crippen MR) is 106 cm³/mol. The van der Waals surface area contributed by atoms with Gasteiger partial charge in [-0.25, -0.2) is 0 Å². The van der Waals surface area contributed by atoms with E-state index in [2.05, 4.69) is 37.4 Å². The van der Waals surface area contributed by atoms with E-state index in [4.69, 9.17) is 0 Å². The summed E-state index contributed by atoms with van der Waals surface area (Å²) < 4.78 is 27.7. The molecule has 0 radical (unpaired) electrons. The Hall–Kier alpha value is -0.440. The van der Waals surface area contributed by atoms with Gasteiger partial charge < -0.3 is 14.3 Å². The SMILES string of the molecule is COP(=O)(O)CP(=O)(O)CC/C=C(\C)CC/C=C(\C)CCC=C(C)C. The van der Waals surface area contributed by atoms with Crippen LogP contribution in [0.15, 0.2) is 34.9 Å². The molecule has 0 aromatic heterocycles. The topological polar surface area (TPSA) is 83.8 Å². The number of rotatable bonds is 12. The van der Waals surface area contributed by atoms with Crippen LogP contribution < -0.4 is 0 Å². The Morgan fingerprint density at radius 1 is 0.880 bits per heavy atom. The van der Waals surface area contributed by atoms with E-state index in [1.165, 1.54) is 11.1 Å². The van der Waals surface area contributed by atoms with Crippen LogP contribution in [0.4, 0.5) is 0 Å². The highest BCUT2D eigenvalue weighted by Crippen LogP contribution is 2.57. The van der Waals surface area contributed by atoms with Crippen molar-refractivity contribution in [1.29, 1.82) is 0 Å². The molecule has 0 aliphatic rings. The Labute approximate surface area is 152 Å². The van der Waals surface area contributed by atoms with E-state index >= 15 is 0 Å². The van der Waals surface area contributed by atoms with Gasteiger partial charge in [0.25, 0.3) is 0 Å². The molecule has 25 heavy (non-hydrogen) atoms. The summed E-state index contributed by atoms with van der Waals surface area (Å²) in [6.45, 7) is 8.35. The van der Waals surface area contributed by atoms with Crippen molar-refractivity contribution in [3.05, 3.63) is 34.9 Å². The molecule has 0 fully saturated rings. The maximum atomic E-state index is 11.9. The van der Waals surface area contributed by atoms with Crippen LogP contribution in [-0.2, 0) is 13.7 Å². The van der Waals surface area contributed by atoms with Crippen LogP contribution >= 0.6 is 15.0 Å². The van der Waals surface area contributed by atoms with Crippen molar-refractivity contribution >= 4 is 15.0 Å². The van der Waals surface area contributed by atoms with Crippen molar-refractivity contribution < 1.29 is 23.4 Å². The normalized spacial score (nSPS) is 17.7. The fourth-order valence-corrected chi connectivity index (χ4v) is 6.05. The molecule has 7 heteroatoms. The average Bonchev–Trinajstić information content (AvgIpc) is 2.45. The molecule has 0 saturated heterocycles. The highest BCUT2D eigenvalue weighted by molar-refractivity contribution is 7.73. The second-order valence-corrected chi connectivity index (χ2v) is 11.7. The summed E-state index contributed by atoms with van der Waals surface area (Å²) in [6.07, 6.45) is 10.8. The molecule has 0 aromatic carbocycles. The molecule has 0 bridgehead atoms. The zero-order valence-corrected chi connectivity index (χ0v) is 18.0. The molecule has 5 nitrogen and oxygen atoms in total. The van der Waals surface area contributed by atoms with Gasteiger partial charge in [0.2, 0.25) is 7.37 Å². The molecule has 2 unspecified atom stereocenters. The smallest absolute Gasteiger partial charge is 0.337 e. The highest BCUT2D eigenvalue weighted by atomic mass is 31.2. The molecule has 0 aliphatic heterocycles. The minimum absolute atomic E-state index is 0.00415. The van der Waals surface area contributed by atoms with E-state index < -0.39 is 20.9 Å². The van der Waals surface area contributed by atoms with E-state index in [-0.39, 0.29) is 6.16 Å². The maximum absolute atomic E-state index is 11.9. The van der Waals surface area contributed by atoms with Crippen LogP contribution in [-0.4, -0.2) is 29.0 Å². The zero-order chi connectivity index (χ0) is 19.5. The van der Waals surface area contributed by atoms with E-state index in [0.29, 0.717) is 6.42 Å². The van der Waals surface area contributed by atoms with Gasteiger partial charge >= 0.3 is 7.60 Å². The van der Waals surface area contributed by atoms with Gasteiger partial charge in [0.05, 0.1) is 0 Å². The number of hydrogen-bond donors (Lipinski definition) is 2. The molecule has 0 saturated carbocycles. The lowest BCUT2D eigenvalue weighted by Crippen LogP contribution is -1.97. The van der Waals surface area contributed by atoms with Crippen LogP contribution in [0.5, 0.6) is 0 Å². The maximum Gasteiger partial charge on any atom is 0.337 e. The molecular weight excluding hydrogens is 358 g/mol. The van der Waals surface area contributed by atoms with E-state index in [9.17, 15) is 18.9 Å². The van der Waals surface area contributed by atoms with Crippen LogP contribution in [0.25, 0.3) is 0 Å². The molecule has 0 spiro atoms. The lowest BCUT2D eigenvalue weighted by Gasteiger charge is -2.14. The molecule has 0 aromatic rings. The van der Waals surface area contributed by atoms with Crippen LogP contribution in [0, 0.1) is 0 Å². The van der Waals surface area contributed by atoms with E-state index in [0.717, 1.165) is 38.4 Å². The van der Waals surface area contributed by atoms with Crippen LogP contribution in [0.3, 0.4) is 0 Å². The number of allylic oxidation sites excluding steroid dienone is 6. The van der Waals surface area contributed by atoms with E-state index in [1.54, 1.807) is 0 Å². The Morgan fingerprint density at radius 2 is 1.36 bits per heavy atom. The van der Waals surface area contributed by atoms with Gasteiger partial charge in [0, 0.05) is 13.3 Å². The highest BCUT2D eigenvalue weighted by Gasteiger charge is 2.30. The first-order valence-corrected chi connectivity index (χ1v) is 12.4. The Bertz CT molecular complexity index is 586. The van der Waals surface area contributed by atoms with Gasteiger partial charge in [-0.15, -0.1) is 0 Å². The molecule has 2 atom stereocenters. The Kier molecular flexibility index (Phi) is 11.8. The second kappa shape index (κ2) is 12.0. The summed E-state index contributed by atoms with van der Waals surface area (Å²) in [4.78, 5) is 19.1. The Balaban J connectivity index is 4.23. The molecule has 0 amide bonds. The monoisotopic (exact) mass is 392 g/mol. The molecule has 0 heterocycles. The first-order chi connectivity index (χ1) is 11.5. The summed E-state index contributed by atoms with van der Waals surface area (Å²) >= 11 is 0. The second-order valence-electron chi connectivity index (χ2n) is 6.78. The molecule has 0 aliphatic carbocycles. The van der Waals surface area contributed by atoms with Crippen molar-refractivity contribution in [3.8, 4) is 0 Å². The fraction of sp³-hybridized carbons (Fsp3) is 0.667. The van der Waals surface area contributed by atoms with Crippen molar-refractivity contribution in [2.75, 3.05) is 19.2 Å². The summed E-state index contributed by atoms with van der Waals surface area (Å²) in [7, 11) is -6.53. The zero-order valence-electron chi connectivity index (χ0n) is 16.2. The van der Waals surface area contributed by atoms with Crippen LogP contribution in [0.2, 0.25) is 0 Å². The third kappa shape index (κ3) is 14.4. The van der Waals surface area contributed by atoms with Crippen molar-refractivity contribution in [3.63, 3.8) is 0 Å². The summed E-state index contributed by atoms with van der Waals surface area (Å²) in [5.74, 6) is -0.684.